The summed E-state index contributed by atoms with van der Waals surface area (Å²) < 4.78 is 6.13. The quantitative estimate of drug-likeness (QED) is 0.850. The standard InChI is InChI=1S/C16H23Cl2NO/c1-3-20-16(8-4-5-11(2)10-16)15(19)13-9-12(17)6-7-14(13)18/h6-7,9,11,15H,3-5,8,10,19H2,1-2H3. The van der Waals surface area contributed by atoms with Crippen LogP contribution in [0.4, 0.5) is 0 Å². The van der Waals surface area contributed by atoms with Crippen LogP contribution < -0.4 is 5.73 Å². The Labute approximate surface area is 131 Å². The first-order chi connectivity index (χ1) is 9.48. The molecule has 0 aliphatic heterocycles. The lowest BCUT2D eigenvalue weighted by molar-refractivity contribution is -0.0938. The van der Waals surface area contributed by atoms with E-state index in [1.165, 1.54) is 6.42 Å². The zero-order chi connectivity index (χ0) is 14.8. The van der Waals surface area contributed by atoms with Gasteiger partial charge in [0.2, 0.25) is 0 Å². The molecule has 1 saturated carbocycles. The van der Waals surface area contributed by atoms with Gasteiger partial charge in [0.25, 0.3) is 0 Å². The van der Waals surface area contributed by atoms with Gasteiger partial charge >= 0.3 is 0 Å². The molecule has 1 fully saturated rings. The monoisotopic (exact) mass is 315 g/mol. The maximum Gasteiger partial charge on any atom is 0.0877 e. The molecule has 1 aromatic carbocycles. The molecule has 20 heavy (non-hydrogen) atoms. The molecule has 1 aromatic rings. The molecule has 0 saturated heterocycles. The third-order valence-electron chi connectivity index (χ3n) is 4.28. The Balaban J connectivity index is 2.35. The summed E-state index contributed by atoms with van der Waals surface area (Å²) in [6.45, 7) is 4.95. The van der Waals surface area contributed by atoms with Gasteiger partial charge in [-0.25, -0.2) is 0 Å². The predicted octanol–water partition coefficient (Wildman–Crippen LogP) is 4.98. The fourth-order valence-corrected chi connectivity index (χ4v) is 3.79. The van der Waals surface area contributed by atoms with E-state index in [1.807, 2.05) is 19.1 Å². The Morgan fingerprint density at radius 1 is 1.45 bits per heavy atom. The van der Waals surface area contributed by atoms with Gasteiger partial charge in [0, 0.05) is 16.7 Å². The van der Waals surface area contributed by atoms with Crippen molar-refractivity contribution >= 4 is 23.2 Å². The van der Waals surface area contributed by atoms with Crippen molar-refractivity contribution in [3.8, 4) is 0 Å². The number of ether oxygens (including phenoxy) is 1. The summed E-state index contributed by atoms with van der Waals surface area (Å²) in [5.41, 5.74) is 7.13. The zero-order valence-electron chi connectivity index (χ0n) is 12.2. The Morgan fingerprint density at radius 3 is 2.85 bits per heavy atom. The van der Waals surface area contributed by atoms with E-state index >= 15 is 0 Å². The van der Waals surface area contributed by atoms with E-state index < -0.39 is 0 Å². The molecule has 2 rings (SSSR count). The minimum Gasteiger partial charge on any atom is -0.373 e. The molecule has 1 aliphatic carbocycles. The molecule has 2 nitrogen and oxygen atoms in total. The largest absolute Gasteiger partial charge is 0.373 e. The first-order valence-corrected chi connectivity index (χ1v) is 8.08. The number of rotatable bonds is 4. The summed E-state index contributed by atoms with van der Waals surface area (Å²) in [4.78, 5) is 0. The van der Waals surface area contributed by atoms with Gasteiger partial charge in [0.05, 0.1) is 11.6 Å². The molecular weight excluding hydrogens is 293 g/mol. The molecule has 2 N–H and O–H groups in total. The van der Waals surface area contributed by atoms with Crippen LogP contribution in [0.25, 0.3) is 0 Å². The molecular formula is C16H23Cl2NO. The summed E-state index contributed by atoms with van der Waals surface area (Å²) in [6.07, 6.45) is 4.35. The van der Waals surface area contributed by atoms with Crippen molar-refractivity contribution in [2.45, 2.75) is 51.2 Å². The fraction of sp³-hybridized carbons (Fsp3) is 0.625. The minimum absolute atomic E-state index is 0.239. The van der Waals surface area contributed by atoms with Crippen LogP contribution in [0.15, 0.2) is 18.2 Å². The van der Waals surface area contributed by atoms with E-state index in [0.717, 1.165) is 24.8 Å². The number of nitrogens with two attached hydrogens (primary N) is 1. The number of halogens is 2. The molecule has 0 amide bonds. The third-order valence-corrected chi connectivity index (χ3v) is 4.86. The normalized spacial score (nSPS) is 28.4. The molecule has 0 aromatic heterocycles. The molecule has 0 heterocycles. The highest BCUT2D eigenvalue weighted by atomic mass is 35.5. The van der Waals surface area contributed by atoms with Crippen LogP contribution in [0.5, 0.6) is 0 Å². The summed E-state index contributed by atoms with van der Waals surface area (Å²) in [5.74, 6) is 0.624. The van der Waals surface area contributed by atoms with Crippen LogP contribution in [0.2, 0.25) is 10.0 Å². The van der Waals surface area contributed by atoms with Crippen molar-refractivity contribution in [2.75, 3.05) is 6.61 Å². The van der Waals surface area contributed by atoms with Crippen molar-refractivity contribution < 1.29 is 4.74 Å². The number of hydrogen-bond acceptors (Lipinski definition) is 2. The SMILES string of the molecule is CCOC1(C(N)c2cc(Cl)ccc2Cl)CCCC(C)C1. The topological polar surface area (TPSA) is 35.2 Å². The molecule has 3 unspecified atom stereocenters. The van der Waals surface area contributed by atoms with Crippen molar-refractivity contribution in [1.29, 1.82) is 0 Å². The van der Waals surface area contributed by atoms with Crippen molar-refractivity contribution in [3.63, 3.8) is 0 Å². The van der Waals surface area contributed by atoms with E-state index in [4.69, 9.17) is 33.7 Å². The fourth-order valence-electron chi connectivity index (χ4n) is 3.37. The van der Waals surface area contributed by atoms with Crippen molar-refractivity contribution in [1.82, 2.24) is 0 Å². The average molecular weight is 316 g/mol. The van der Waals surface area contributed by atoms with Gasteiger partial charge in [-0.1, -0.05) is 43.0 Å². The summed E-state index contributed by atoms with van der Waals surface area (Å²) in [7, 11) is 0. The highest BCUT2D eigenvalue weighted by molar-refractivity contribution is 6.33. The second-order valence-corrected chi connectivity index (χ2v) is 6.69. The minimum atomic E-state index is -0.319. The molecule has 0 bridgehead atoms. The van der Waals surface area contributed by atoms with E-state index in [0.29, 0.717) is 22.6 Å². The molecule has 4 heteroatoms. The van der Waals surface area contributed by atoms with E-state index in [2.05, 4.69) is 6.92 Å². The van der Waals surface area contributed by atoms with Crippen LogP contribution in [-0.4, -0.2) is 12.2 Å². The third kappa shape index (κ3) is 3.30. The van der Waals surface area contributed by atoms with Gasteiger partial charge < -0.3 is 10.5 Å². The maximum absolute atomic E-state index is 6.55. The Morgan fingerprint density at radius 2 is 2.20 bits per heavy atom. The molecule has 1 aliphatic rings. The van der Waals surface area contributed by atoms with E-state index in [1.54, 1.807) is 6.07 Å². The van der Waals surface area contributed by atoms with Crippen LogP contribution >= 0.6 is 23.2 Å². The highest BCUT2D eigenvalue weighted by Crippen LogP contribution is 2.44. The number of benzene rings is 1. The lowest BCUT2D eigenvalue weighted by Crippen LogP contribution is -2.47. The maximum atomic E-state index is 6.55. The van der Waals surface area contributed by atoms with Gasteiger partial charge in [0.15, 0.2) is 0 Å². The predicted molar refractivity (Wildman–Crippen MR) is 85.4 cm³/mol. The number of hydrogen-bond donors (Lipinski definition) is 1. The van der Waals surface area contributed by atoms with Gasteiger partial charge in [-0.05, 0) is 49.4 Å². The summed E-state index contributed by atoms with van der Waals surface area (Å²) in [5, 5.41) is 1.33. The molecule has 112 valence electrons. The molecule has 3 atom stereocenters. The first-order valence-electron chi connectivity index (χ1n) is 7.33. The Hall–Kier alpha value is -0.280. The summed E-state index contributed by atoms with van der Waals surface area (Å²) >= 11 is 12.4. The smallest absolute Gasteiger partial charge is 0.0877 e. The summed E-state index contributed by atoms with van der Waals surface area (Å²) in [6, 6.07) is 5.23. The van der Waals surface area contributed by atoms with Crippen molar-refractivity contribution in [2.24, 2.45) is 11.7 Å². The molecule has 0 spiro atoms. The second-order valence-electron chi connectivity index (χ2n) is 5.84. The van der Waals surface area contributed by atoms with Gasteiger partial charge in [0.1, 0.15) is 0 Å². The second kappa shape index (κ2) is 6.65. The zero-order valence-corrected chi connectivity index (χ0v) is 13.7. The lowest BCUT2D eigenvalue weighted by Gasteiger charge is -2.44. The average Bonchev–Trinajstić information content (AvgIpc) is 2.41. The van der Waals surface area contributed by atoms with E-state index in [9.17, 15) is 0 Å². The van der Waals surface area contributed by atoms with Crippen LogP contribution in [0, 0.1) is 5.92 Å². The Bertz CT molecular complexity index is 462. The molecule has 0 radical (unpaired) electrons. The Kier molecular flexibility index (Phi) is 5.36. The highest BCUT2D eigenvalue weighted by Gasteiger charge is 2.42. The van der Waals surface area contributed by atoms with Gasteiger partial charge in [-0.15, -0.1) is 0 Å². The van der Waals surface area contributed by atoms with Crippen LogP contribution in [-0.2, 0) is 4.74 Å². The van der Waals surface area contributed by atoms with Crippen LogP contribution in [0.1, 0.15) is 51.1 Å². The first kappa shape index (κ1) is 16.1. The van der Waals surface area contributed by atoms with Gasteiger partial charge in [-0.3, -0.25) is 0 Å². The van der Waals surface area contributed by atoms with Crippen molar-refractivity contribution in [3.05, 3.63) is 33.8 Å². The van der Waals surface area contributed by atoms with Gasteiger partial charge in [-0.2, -0.15) is 0 Å². The lowest BCUT2D eigenvalue weighted by atomic mass is 9.73. The van der Waals surface area contributed by atoms with E-state index in [-0.39, 0.29) is 11.6 Å². The van der Waals surface area contributed by atoms with Crippen LogP contribution in [0.3, 0.4) is 0 Å².